The number of allylic oxidation sites excluding steroid dienone is 14. The van der Waals surface area contributed by atoms with E-state index in [9.17, 15) is 14.7 Å². The van der Waals surface area contributed by atoms with E-state index in [0.717, 1.165) is 64.2 Å². The fourth-order valence-corrected chi connectivity index (χ4v) is 5.50. The lowest BCUT2D eigenvalue weighted by atomic mass is 10.1. The first kappa shape index (κ1) is 49.1. The van der Waals surface area contributed by atoms with Crippen LogP contribution in [0.2, 0.25) is 0 Å². The third-order valence-corrected chi connectivity index (χ3v) is 8.67. The van der Waals surface area contributed by atoms with Gasteiger partial charge in [0.25, 0.3) is 0 Å². The molecular weight excluding hydrogens is 645 g/mol. The lowest BCUT2D eigenvalue weighted by Crippen LogP contribution is -2.28. The lowest BCUT2D eigenvalue weighted by Gasteiger charge is -2.15. The van der Waals surface area contributed by atoms with Gasteiger partial charge in [-0.2, -0.15) is 0 Å². The van der Waals surface area contributed by atoms with Gasteiger partial charge < -0.3 is 14.6 Å². The predicted molar refractivity (Wildman–Crippen MR) is 223 cm³/mol. The second kappa shape index (κ2) is 42.5. The van der Waals surface area contributed by atoms with E-state index in [0.29, 0.717) is 12.8 Å². The summed E-state index contributed by atoms with van der Waals surface area (Å²) in [6.45, 7) is 3.95. The van der Waals surface area contributed by atoms with Crippen molar-refractivity contribution >= 4 is 11.9 Å². The molecular formula is C47H78O5. The zero-order valence-electron chi connectivity index (χ0n) is 33.5. The van der Waals surface area contributed by atoms with Gasteiger partial charge in [0.15, 0.2) is 6.10 Å². The molecule has 0 saturated carbocycles. The summed E-state index contributed by atoms with van der Waals surface area (Å²) in [6, 6.07) is 0. The van der Waals surface area contributed by atoms with Gasteiger partial charge in [-0.05, 0) is 83.5 Å². The van der Waals surface area contributed by atoms with Crippen LogP contribution in [-0.4, -0.2) is 36.4 Å². The Morgan fingerprint density at radius 1 is 0.462 bits per heavy atom. The van der Waals surface area contributed by atoms with E-state index in [1.54, 1.807) is 0 Å². The average molecular weight is 723 g/mol. The molecule has 0 amide bonds. The van der Waals surface area contributed by atoms with Crippen LogP contribution in [0.1, 0.15) is 181 Å². The Morgan fingerprint density at radius 3 is 1.31 bits per heavy atom. The monoisotopic (exact) mass is 723 g/mol. The molecule has 1 unspecified atom stereocenters. The fourth-order valence-electron chi connectivity index (χ4n) is 5.50. The van der Waals surface area contributed by atoms with Gasteiger partial charge >= 0.3 is 11.9 Å². The van der Waals surface area contributed by atoms with Crippen molar-refractivity contribution in [2.75, 3.05) is 13.2 Å². The number of ether oxygens (including phenoxy) is 2. The van der Waals surface area contributed by atoms with E-state index >= 15 is 0 Å². The molecule has 0 fully saturated rings. The number of hydrogen-bond acceptors (Lipinski definition) is 5. The predicted octanol–water partition coefficient (Wildman–Crippen LogP) is 13.5. The summed E-state index contributed by atoms with van der Waals surface area (Å²) in [4.78, 5) is 24.3. The molecule has 5 heteroatoms. The first-order valence-electron chi connectivity index (χ1n) is 21.1. The molecule has 0 heterocycles. The van der Waals surface area contributed by atoms with Crippen molar-refractivity contribution in [1.29, 1.82) is 0 Å². The minimum Gasteiger partial charge on any atom is -0.462 e. The molecule has 0 aliphatic carbocycles. The molecule has 0 aromatic carbocycles. The molecule has 0 radical (unpaired) electrons. The second-order valence-electron chi connectivity index (χ2n) is 13.7. The molecule has 0 saturated heterocycles. The number of carbonyl (C=O) groups excluding carboxylic acids is 2. The van der Waals surface area contributed by atoms with Crippen molar-refractivity contribution in [1.82, 2.24) is 0 Å². The molecule has 0 aromatic rings. The number of esters is 2. The lowest BCUT2D eigenvalue weighted by molar-refractivity contribution is -0.161. The first-order valence-corrected chi connectivity index (χ1v) is 21.1. The molecule has 0 spiro atoms. The quantitative estimate of drug-likeness (QED) is 0.0393. The number of aliphatic hydroxyl groups is 1. The second-order valence-corrected chi connectivity index (χ2v) is 13.7. The van der Waals surface area contributed by atoms with Crippen LogP contribution in [0.5, 0.6) is 0 Å². The average Bonchev–Trinajstić information content (AvgIpc) is 3.15. The summed E-state index contributed by atoms with van der Waals surface area (Å²) in [5.74, 6) is -0.669. The van der Waals surface area contributed by atoms with E-state index in [4.69, 9.17) is 9.47 Å². The van der Waals surface area contributed by atoms with Crippen molar-refractivity contribution < 1.29 is 24.2 Å². The number of unbranched alkanes of at least 4 members (excludes halogenated alkanes) is 15. The van der Waals surface area contributed by atoms with Gasteiger partial charge in [0.2, 0.25) is 0 Å². The molecule has 1 atom stereocenters. The van der Waals surface area contributed by atoms with Crippen LogP contribution < -0.4 is 0 Å². The summed E-state index contributed by atoms with van der Waals surface area (Å²) in [7, 11) is 0. The highest BCUT2D eigenvalue weighted by molar-refractivity contribution is 5.70. The van der Waals surface area contributed by atoms with Gasteiger partial charge in [-0.25, -0.2) is 0 Å². The van der Waals surface area contributed by atoms with E-state index in [2.05, 4.69) is 98.9 Å². The Balaban J connectivity index is 3.65. The summed E-state index contributed by atoms with van der Waals surface area (Å²) in [5.41, 5.74) is 0. The number of carbonyl (C=O) groups is 2. The van der Waals surface area contributed by atoms with Crippen LogP contribution in [0.3, 0.4) is 0 Å². The van der Waals surface area contributed by atoms with E-state index < -0.39 is 6.10 Å². The molecule has 0 aromatic heterocycles. The van der Waals surface area contributed by atoms with Crippen molar-refractivity contribution in [3.63, 3.8) is 0 Å². The first-order chi connectivity index (χ1) is 25.6. The Hall–Kier alpha value is -2.92. The Kier molecular flexibility index (Phi) is 40.1. The molecule has 5 nitrogen and oxygen atoms in total. The maximum absolute atomic E-state index is 12.2. The van der Waals surface area contributed by atoms with Crippen molar-refractivity contribution in [2.45, 2.75) is 187 Å². The fraction of sp³-hybridized carbons (Fsp3) is 0.660. The van der Waals surface area contributed by atoms with Gasteiger partial charge in [0.05, 0.1) is 6.61 Å². The van der Waals surface area contributed by atoms with Crippen molar-refractivity contribution in [2.24, 2.45) is 0 Å². The Morgan fingerprint density at radius 2 is 0.846 bits per heavy atom. The Labute approximate surface area is 320 Å². The van der Waals surface area contributed by atoms with Crippen LogP contribution in [-0.2, 0) is 19.1 Å². The van der Waals surface area contributed by atoms with Gasteiger partial charge in [0, 0.05) is 12.8 Å². The number of rotatable bonds is 37. The third-order valence-electron chi connectivity index (χ3n) is 8.67. The largest absolute Gasteiger partial charge is 0.462 e. The summed E-state index contributed by atoms with van der Waals surface area (Å²) in [5, 5.41) is 9.56. The zero-order valence-corrected chi connectivity index (χ0v) is 33.5. The van der Waals surface area contributed by atoms with Crippen LogP contribution in [0.15, 0.2) is 85.1 Å². The van der Waals surface area contributed by atoms with Crippen LogP contribution in [0.4, 0.5) is 0 Å². The van der Waals surface area contributed by atoms with Gasteiger partial charge in [-0.1, -0.05) is 170 Å². The van der Waals surface area contributed by atoms with Crippen LogP contribution in [0.25, 0.3) is 0 Å². The maximum atomic E-state index is 12.2. The zero-order chi connectivity index (χ0) is 37.8. The van der Waals surface area contributed by atoms with Crippen LogP contribution in [0, 0.1) is 0 Å². The van der Waals surface area contributed by atoms with Gasteiger partial charge in [-0.3, -0.25) is 9.59 Å². The molecule has 0 rings (SSSR count). The highest BCUT2D eigenvalue weighted by atomic mass is 16.6. The van der Waals surface area contributed by atoms with E-state index in [1.807, 2.05) is 0 Å². The van der Waals surface area contributed by atoms with Crippen molar-refractivity contribution in [3.05, 3.63) is 85.1 Å². The topological polar surface area (TPSA) is 72.8 Å². The molecule has 1 N–H and O–H groups in total. The summed E-state index contributed by atoms with van der Waals surface area (Å²) in [6.07, 6.45) is 58.0. The standard InChI is InChI=1S/C47H78O5/c1-3-5-7-9-11-13-15-17-19-21-22-23-24-26-27-29-31-33-35-37-39-41-46(49)51-44-45(43-48)52-47(50)42-40-38-36-34-32-30-28-25-20-18-16-14-12-10-8-6-4-2/h6,8,12,14-15,17-18,20-22,28,30,34,36,45,48H,3-5,7,9-11,13,16,19,23-27,29,31-33,35,37-44H2,1-2H3/b8-6-,14-12-,17-15-,20-18-,22-21-,30-28-,36-34-. The number of aliphatic hydroxyl groups excluding tert-OH is 1. The smallest absolute Gasteiger partial charge is 0.306 e. The van der Waals surface area contributed by atoms with Gasteiger partial charge in [-0.15, -0.1) is 0 Å². The van der Waals surface area contributed by atoms with E-state index in [-0.39, 0.29) is 31.6 Å². The van der Waals surface area contributed by atoms with E-state index in [1.165, 1.54) is 83.5 Å². The molecule has 0 bridgehead atoms. The van der Waals surface area contributed by atoms with Crippen LogP contribution >= 0.6 is 0 Å². The normalized spacial score (nSPS) is 13.1. The molecule has 0 aliphatic rings. The summed E-state index contributed by atoms with van der Waals surface area (Å²) >= 11 is 0. The minimum atomic E-state index is -0.807. The Bertz CT molecular complexity index is 999. The third kappa shape index (κ3) is 39.9. The van der Waals surface area contributed by atoms with Gasteiger partial charge in [0.1, 0.15) is 6.61 Å². The SMILES string of the molecule is CC/C=C\C/C=C\C/C=C\C/C=C\C/C=C\CCCC(=O)OC(CO)COC(=O)CCCCCCCCCCC/C=C\C/C=C\CCCCCCC. The number of hydrogen-bond donors (Lipinski definition) is 1. The highest BCUT2D eigenvalue weighted by Crippen LogP contribution is 2.13. The minimum absolute atomic E-state index is 0.0953. The summed E-state index contributed by atoms with van der Waals surface area (Å²) < 4.78 is 10.6. The molecule has 0 aliphatic heterocycles. The van der Waals surface area contributed by atoms with Crippen molar-refractivity contribution in [3.8, 4) is 0 Å². The molecule has 296 valence electrons. The maximum Gasteiger partial charge on any atom is 0.306 e. The highest BCUT2D eigenvalue weighted by Gasteiger charge is 2.15. The molecule has 52 heavy (non-hydrogen) atoms.